The molecule has 1 aliphatic carbocycles. The molecule has 28 heavy (non-hydrogen) atoms. The quantitative estimate of drug-likeness (QED) is 0.812. The van der Waals surface area contributed by atoms with Crippen LogP contribution >= 0.6 is 0 Å². The highest BCUT2D eigenvalue weighted by molar-refractivity contribution is 6.03. The highest BCUT2D eigenvalue weighted by Gasteiger charge is 2.35. The van der Waals surface area contributed by atoms with Gasteiger partial charge in [-0.15, -0.1) is 0 Å². The smallest absolute Gasteiger partial charge is 0.229 e. The number of hydrogen-bond acceptors (Lipinski definition) is 3. The lowest BCUT2D eigenvalue weighted by molar-refractivity contribution is -0.122. The van der Waals surface area contributed by atoms with E-state index in [0.29, 0.717) is 24.7 Å². The van der Waals surface area contributed by atoms with Gasteiger partial charge in [-0.1, -0.05) is 30.3 Å². The summed E-state index contributed by atoms with van der Waals surface area (Å²) in [5.74, 6) is -0.546. The summed E-state index contributed by atoms with van der Waals surface area (Å²) in [5, 5.41) is 5.84. The molecule has 2 fully saturated rings. The molecule has 0 aromatic heterocycles. The first-order valence-corrected chi connectivity index (χ1v) is 9.63. The number of para-hydroxylation sites is 1. The van der Waals surface area contributed by atoms with Crippen molar-refractivity contribution in [3.05, 3.63) is 60.2 Å². The first-order chi connectivity index (χ1) is 13.6. The molecule has 0 spiro atoms. The second-order valence-corrected chi connectivity index (χ2v) is 7.45. The van der Waals surface area contributed by atoms with Crippen LogP contribution in [0.3, 0.4) is 0 Å². The molecular weight excluding hydrogens is 354 g/mol. The van der Waals surface area contributed by atoms with E-state index in [1.807, 2.05) is 42.5 Å². The highest BCUT2D eigenvalue weighted by Crippen LogP contribution is 2.26. The van der Waals surface area contributed by atoms with E-state index < -0.39 is 0 Å². The van der Waals surface area contributed by atoms with Crippen molar-refractivity contribution >= 4 is 29.1 Å². The van der Waals surface area contributed by atoms with E-state index in [9.17, 15) is 14.4 Å². The molecule has 4 rings (SSSR count). The minimum Gasteiger partial charge on any atom is -0.353 e. The Hall–Kier alpha value is -3.15. The zero-order valence-electron chi connectivity index (χ0n) is 15.6. The molecule has 1 heterocycles. The van der Waals surface area contributed by atoms with E-state index in [0.717, 1.165) is 24.1 Å². The van der Waals surface area contributed by atoms with Crippen LogP contribution in [0.25, 0.3) is 0 Å². The second-order valence-electron chi connectivity index (χ2n) is 7.45. The third-order valence-corrected chi connectivity index (χ3v) is 5.09. The van der Waals surface area contributed by atoms with Crippen molar-refractivity contribution in [2.75, 3.05) is 16.8 Å². The van der Waals surface area contributed by atoms with Crippen molar-refractivity contribution in [1.29, 1.82) is 0 Å². The Morgan fingerprint density at radius 2 is 1.71 bits per heavy atom. The maximum absolute atomic E-state index is 12.6. The summed E-state index contributed by atoms with van der Waals surface area (Å²) in [6.07, 6.45) is 2.69. The maximum atomic E-state index is 12.6. The number of carbonyl (C=O) groups is 3. The fourth-order valence-corrected chi connectivity index (χ4v) is 3.38. The molecule has 0 bridgehead atoms. The van der Waals surface area contributed by atoms with Crippen molar-refractivity contribution < 1.29 is 14.4 Å². The number of nitrogens with one attached hydrogen (secondary N) is 2. The minimum atomic E-state index is -0.378. The van der Waals surface area contributed by atoms with Crippen molar-refractivity contribution in [3.63, 3.8) is 0 Å². The standard InChI is InChI=1S/C22H23N3O3/c26-20(23-17-10-11-17)12-15-6-8-18(9-7-15)24-22(28)16-13-21(27)25(14-16)19-4-2-1-3-5-19/h1-9,16-17H,10-14H2,(H,23,26)(H,24,28). The van der Waals surface area contributed by atoms with Gasteiger partial charge in [0.2, 0.25) is 17.7 Å². The van der Waals surface area contributed by atoms with E-state index in [2.05, 4.69) is 10.6 Å². The van der Waals surface area contributed by atoms with Gasteiger partial charge in [0.25, 0.3) is 0 Å². The van der Waals surface area contributed by atoms with Gasteiger partial charge in [-0.25, -0.2) is 0 Å². The average Bonchev–Trinajstić information content (AvgIpc) is 3.42. The predicted molar refractivity (Wildman–Crippen MR) is 107 cm³/mol. The van der Waals surface area contributed by atoms with Gasteiger partial charge in [-0.05, 0) is 42.7 Å². The number of rotatable bonds is 6. The lowest BCUT2D eigenvalue weighted by Crippen LogP contribution is -2.28. The number of amides is 3. The summed E-state index contributed by atoms with van der Waals surface area (Å²) in [4.78, 5) is 38.4. The first kappa shape index (κ1) is 18.2. The van der Waals surface area contributed by atoms with Gasteiger partial charge in [-0.2, -0.15) is 0 Å². The number of benzene rings is 2. The van der Waals surface area contributed by atoms with Gasteiger partial charge in [-0.3, -0.25) is 14.4 Å². The van der Waals surface area contributed by atoms with Crippen LogP contribution in [0.2, 0.25) is 0 Å². The van der Waals surface area contributed by atoms with Crippen LogP contribution in [0.15, 0.2) is 54.6 Å². The number of carbonyl (C=O) groups excluding carboxylic acids is 3. The molecule has 144 valence electrons. The lowest BCUT2D eigenvalue weighted by atomic mass is 10.1. The molecule has 6 nitrogen and oxygen atoms in total. The van der Waals surface area contributed by atoms with Gasteiger partial charge >= 0.3 is 0 Å². The van der Waals surface area contributed by atoms with Crippen LogP contribution in [-0.4, -0.2) is 30.3 Å². The normalized spacial score (nSPS) is 18.8. The zero-order chi connectivity index (χ0) is 19.5. The summed E-state index contributed by atoms with van der Waals surface area (Å²) in [6.45, 7) is 0.383. The van der Waals surface area contributed by atoms with E-state index in [1.54, 1.807) is 17.0 Å². The van der Waals surface area contributed by atoms with Crippen LogP contribution in [0, 0.1) is 5.92 Å². The molecule has 2 aromatic rings. The Morgan fingerprint density at radius 1 is 1.00 bits per heavy atom. The Balaban J connectivity index is 1.32. The molecule has 1 saturated heterocycles. The molecular formula is C22H23N3O3. The van der Waals surface area contributed by atoms with Crippen molar-refractivity contribution in [1.82, 2.24) is 5.32 Å². The molecule has 1 unspecified atom stereocenters. The van der Waals surface area contributed by atoms with Crippen LogP contribution in [0.4, 0.5) is 11.4 Å². The van der Waals surface area contributed by atoms with Gasteiger partial charge in [0.15, 0.2) is 0 Å². The summed E-state index contributed by atoms with van der Waals surface area (Å²) < 4.78 is 0. The molecule has 2 aromatic carbocycles. The largest absolute Gasteiger partial charge is 0.353 e. The van der Waals surface area contributed by atoms with Crippen molar-refractivity contribution in [2.45, 2.75) is 31.7 Å². The summed E-state index contributed by atoms with van der Waals surface area (Å²) in [5.41, 5.74) is 2.39. The summed E-state index contributed by atoms with van der Waals surface area (Å²) >= 11 is 0. The topological polar surface area (TPSA) is 78.5 Å². The van der Waals surface area contributed by atoms with E-state index in [4.69, 9.17) is 0 Å². The second kappa shape index (κ2) is 7.84. The third-order valence-electron chi connectivity index (χ3n) is 5.09. The molecule has 1 saturated carbocycles. The maximum Gasteiger partial charge on any atom is 0.229 e. The molecule has 0 radical (unpaired) electrons. The highest BCUT2D eigenvalue weighted by atomic mass is 16.2. The first-order valence-electron chi connectivity index (χ1n) is 9.63. The average molecular weight is 377 g/mol. The lowest BCUT2D eigenvalue weighted by Gasteiger charge is -2.16. The van der Waals surface area contributed by atoms with Gasteiger partial charge in [0.05, 0.1) is 12.3 Å². The molecule has 2 N–H and O–H groups in total. The van der Waals surface area contributed by atoms with E-state index in [1.165, 1.54) is 0 Å². The predicted octanol–water partition coefficient (Wildman–Crippen LogP) is 2.50. The van der Waals surface area contributed by atoms with Crippen molar-refractivity contribution in [3.8, 4) is 0 Å². The number of anilines is 2. The third kappa shape index (κ3) is 4.39. The van der Waals surface area contributed by atoms with Gasteiger partial charge in [0.1, 0.15) is 0 Å². The monoisotopic (exact) mass is 377 g/mol. The SMILES string of the molecule is O=C(Cc1ccc(NC(=O)C2CC(=O)N(c3ccccc3)C2)cc1)NC1CC1. The van der Waals surface area contributed by atoms with Crippen LogP contribution in [0.5, 0.6) is 0 Å². The fourth-order valence-electron chi connectivity index (χ4n) is 3.38. The van der Waals surface area contributed by atoms with Crippen LogP contribution < -0.4 is 15.5 Å². The molecule has 1 atom stereocenters. The Morgan fingerprint density at radius 3 is 2.39 bits per heavy atom. The Bertz CT molecular complexity index is 876. The van der Waals surface area contributed by atoms with Gasteiger partial charge < -0.3 is 15.5 Å². The molecule has 2 aliphatic rings. The van der Waals surface area contributed by atoms with Gasteiger partial charge in [0, 0.05) is 30.4 Å². The number of nitrogens with zero attached hydrogens (tertiary/aromatic N) is 1. The summed E-state index contributed by atoms with van der Waals surface area (Å²) in [7, 11) is 0. The molecule has 6 heteroatoms. The molecule has 3 amide bonds. The summed E-state index contributed by atoms with van der Waals surface area (Å²) in [6, 6.07) is 17.0. The Kier molecular flexibility index (Phi) is 5.10. The minimum absolute atomic E-state index is 0.0322. The number of hydrogen-bond donors (Lipinski definition) is 2. The molecule has 1 aliphatic heterocycles. The fraction of sp³-hybridized carbons (Fsp3) is 0.318. The van der Waals surface area contributed by atoms with Crippen molar-refractivity contribution in [2.24, 2.45) is 5.92 Å². The van der Waals surface area contributed by atoms with Crippen LogP contribution in [0.1, 0.15) is 24.8 Å². The van der Waals surface area contributed by atoms with Crippen LogP contribution in [-0.2, 0) is 20.8 Å². The van der Waals surface area contributed by atoms with E-state index in [-0.39, 0.29) is 30.1 Å². The zero-order valence-corrected chi connectivity index (χ0v) is 15.6. The van der Waals surface area contributed by atoms with E-state index >= 15 is 0 Å². The Labute approximate surface area is 163 Å².